The van der Waals surface area contributed by atoms with E-state index in [0.29, 0.717) is 31.0 Å². The topological polar surface area (TPSA) is 75.8 Å². The molecule has 2 atom stereocenters. The highest BCUT2D eigenvalue weighted by atomic mass is 16.6. The summed E-state index contributed by atoms with van der Waals surface area (Å²) in [6.07, 6.45) is 0.157. The molecule has 1 aromatic rings. The van der Waals surface area contributed by atoms with Gasteiger partial charge in [0.25, 0.3) is 5.69 Å². The van der Waals surface area contributed by atoms with E-state index in [2.05, 4.69) is 0 Å². The van der Waals surface area contributed by atoms with Crippen LogP contribution in [0.2, 0.25) is 0 Å². The maximum Gasteiger partial charge on any atom is 0.292 e. The van der Waals surface area contributed by atoms with Crippen molar-refractivity contribution in [3.05, 3.63) is 33.9 Å². The molecule has 0 saturated carbocycles. The fraction of sp³-hybridized carbons (Fsp3) is 0.571. The van der Waals surface area contributed by atoms with Gasteiger partial charge in [-0.05, 0) is 25.0 Å². The number of nitro groups is 1. The van der Waals surface area contributed by atoms with Crippen LogP contribution in [0, 0.1) is 10.1 Å². The van der Waals surface area contributed by atoms with E-state index in [9.17, 15) is 15.2 Å². The van der Waals surface area contributed by atoms with Crippen molar-refractivity contribution in [2.45, 2.75) is 32.4 Å². The van der Waals surface area contributed by atoms with E-state index in [1.54, 1.807) is 19.1 Å². The van der Waals surface area contributed by atoms with Gasteiger partial charge in [0, 0.05) is 12.6 Å². The maximum atomic E-state index is 11.3. The number of aliphatic hydroxyl groups excluding tert-OH is 1. The number of ether oxygens (including phenoxy) is 1. The van der Waals surface area contributed by atoms with E-state index in [4.69, 9.17) is 4.74 Å². The van der Waals surface area contributed by atoms with Gasteiger partial charge in [-0.3, -0.25) is 10.1 Å². The Kier molecular flexibility index (Phi) is 4.57. The van der Waals surface area contributed by atoms with E-state index in [-0.39, 0.29) is 16.7 Å². The first-order chi connectivity index (χ1) is 9.54. The highest BCUT2D eigenvalue weighted by Crippen LogP contribution is 2.33. The smallest absolute Gasteiger partial charge is 0.292 e. The molecule has 110 valence electrons. The molecule has 0 bridgehead atoms. The van der Waals surface area contributed by atoms with Crippen LogP contribution in [-0.4, -0.2) is 35.8 Å². The molecule has 1 saturated heterocycles. The van der Waals surface area contributed by atoms with Crippen molar-refractivity contribution in [2.24, 2.45) is 0 Å². The molecule has 1 aliphatic rings. The van der Waals surface area contributed by atoms with Gasteiger partial charge in [0.2, 0.25) is 0 Å². The summed E-state index contributed by atoms with van der Waals surface area (Å²) in [5, 5.41) is 20.9. The van der Waals surface area contributed by atoms with Crippen molar-refractivity contribution in [3.63, 3.8) is 0 Å². The number of morpholine rings is 1. The van der Waals surface area contributed by atoms with Gasteiger partial charge in [-0.2, -0.15) is 0 Å². The van der Waals surface area contributed by atoms with E-state index in [1.807, 2.05) is 11.8 Å². The number of hydrogen-bond acceptors (Lipinski definition) is 5. The van der Waals surface area contributed by atoms with Crippen molar-refractivity contribution in [3.8, 4) is 0 Å². The molecular formula is C14H20N2O4. The molecule has 0 spiro atoms. The molecule has 1 aliphatic heterocycles. The molecular weight excluding hydrogens is 260 g/mol. The molecule has 6 nitrogen and oxygen atoms in total. The second-order valence-electron chi connectivity index (χ2n) is 5.01. The molecule has 20 heavy (non-hydrogen) atoms. The van der Waals surface area contributed by atoms with Crippen LogP contribution in [0.15, 0.2) is 18.2 Å². The fourth-order valence-electron chi connectivity index (χ4n) is 2.50. The molecule has 1 N–H and O–H groups in total. The summed E-state index contributed by atoms with van der Waals surface area (Å²) < 4.78 is 5.44. The van der Waals surface area contributed by atoms with E-state index in [1.165, 1.54) is 6.07 Å². The van der Waals surface area contributed by atoms with Gasteiger partial charge in [-0.25, -0.2) is 0 Å². The first-order valence-electron chi connectivity index (χ1n) is 6.85. The molecule has 6 heteroatoms. The van der Waals surface area contributed by atoms with Crippen molar-refractivity contribution >= 4 is 11.4 Å². The van der Waals surface area contributed by atoms with Gasteiger partial charge in [0.1, 0.15) is 5.69 Å². The zero-order valence-corrected chi connectivity index (χ0v) is 11.8. The first-order valence-corrected chi connectivity index (χ1v) is 6.85. The quantitative estimate of drug-likeness (QED) is 0.676. The molecule has 1 aromatic carbocycles. The molecule has 0 radical (unpaired) electrons. The molecule has 0 amide bonds. The van der Waals surface area contributed by atoms with Gasteiger partial charge < -0.3 is 14.7 Å². The SMILES string of the molecule is CCC1COCCN1c1ccc([C@@H](C)O)cc1[N+](=O)[O-]. The van der Waals surface area contributed by atoms with Gasteiger partial charge in [-0.1, -0.05) is 13.0 Å². The molecule has 0 aromatic heterocycles. The van der Waals surface area contributed by atoms with Crippen LogP contribution in [0.5, 0.6) is 0 Å². The largest absolute Gasteiger partial charge is 0.389 e. The lowest BCUT2D eigenvalue weighted by molar-refractivity contribution is -0.384. The van der Waals surface area contributed by atoms with Crippen LogP contribution in [-0.2, 0) is 4.74 Å². The number of benzene rings is 1. The van der Waals surface area contributed by atoms with E-state index < -0.39 is 6.10 Å². The van der Waals surface area contributed by atoms with Crippen LogP contribution >= 0.6 is 0 Å². The summed E-state index contributed by atoms with van der Waals surface area (Å²) in [4.78, 5) is 12.9. The summed E-state index contributed by atoms with van der Waals surface area (Å²) in [5.74, 6) is 0. The Bertz CT molecular complexity index is 490. The molecule has 1 fully saturated rings. The third-order valence-corrected chi connectivity index (χ3v) is 3.69. The third-order valence-electron chi connectivity index (χ3n) is 3.69. The predicted octanol–water partition coefficient (Wildman–Crippen LogP) is 2.26. The minimum Gasteiger partial charge on any atom is -0.389 e. The Labute approximate surface area is 118 Å². The second kappa shape index (κ2) is 6.19. The summed E-state index contributed by atoms with van der Waals surface area (Å²) in [6.45, 7) is 5.45. The number of rotatable bonds is 4. The Hall–Kier alpha value is -1.66. The first kappa shape index (κ1) is 14.7. The van der Waals surface area contributed by atoms with Crippen LogP contribution in [0.4, 0.5) is 11.4 Å². The Balaban J connectivity index is 2.41. The molecule has 2 rings (SSSR count). The van der Waals surface area contributed by atoms with Crippen LogP contribution in [0.25, 0.3) is 0 Å². The van der Waals surface area contributed by atoms with Crippen LogP contribution in [0.1, 0.15) is 31.9 Å². The summed E-state index contributed by atoms with van der Waals surface area (Å²) in [6, 6.07) is 5.09. The van der Waals surface area contributed by atoms with E-state index in [0.717, 1.165) is 6.42 Å². The lowest BCUT2D eigenvalue weighted by Crippen LogP contribution is -2.45. The molecule has 1 unspecified atom stereocenters. The fourth-order valence-corrected chi connectivity index (χ4v) is 2.50. The van der Waals surface area contributed by atoms with Gasteiger partial charge in [0.15, 0.2) is 0 Å². The third kappa shape index (κ3) is 2.91. The van der Waals surface area contributed by atoms with Crippen molar-refractivity contribution in [1.29, 1.82) is 0 Å². The number of anilines is 1. The average Bonchev–Trinajstić information content (AvgIpc) is 2.46. The number of nitrogens with zero attached hydrogens (tertiary/aromatic N) is 2. The van der Waals surface area contributed by atoms with Crippen LogP contribution in [0.3, 0.4) is 0 Å². The summed E-state index contributed by atoms with van der Waals surface area (Å²) >= 11 is 0. The van der Waals surface area contributed by atoms with Gasteiger partial charge in [-0.15, -0.1) is 0 Å². The lowest BCUT2D eigenvalue weighted by Gasteiger charge is -2.36. The van der Waals surface area contributed by atoms with Gasteiger partial charge in [0.05, 0.1) is 30.3 Å². The maximum absolute atomic E-state index is 11.3. The van der Waals surface area contributed by atoms with Crippen LogP contribution < -0.4 is 4.90 Å². The average molecular weight is 280 g/mol. The Morgan fingerprint density at radius 1 is 1.60 bits per heavy atom. The van der Waals surface area contributed by atoms with Crippen molar-refractivity contribution < 1.29 is 14.8 Å². The standard InChI is InChI=1S/C14H20N2O4/c1-3-12-9-20-7-6-15(12)13-5-4-11(10(2)17)8-14(13)16(18)19/h4-5,8,10,12,17H,3,6-7,9H2,1-2H3/t10-,12?/m1/s1. The number of nitro benzene ring substituents is 1. The number of hydrogen-bond donors (Lipinski definition) is 1. The Morgan fingerprint density at radius 2 is 2.35 bits per heavy atom. The van der Waals surface area contributed by atoms with Crippen molar-refractivity contribution in [1.82, 2.24) is 0 Å². The minimum atomic E-state index is -0.714. The monoisotopic (exact) mass is 280 g/mol. The summed E-state index contributed by atoms with van der Waals surface area (Å²) in [7, 11) is 0. The van der Waals surface area contributed by atoms with Crippen molar-refractivity contribution in [2.75, 3.05) is 24.7 Å². The summed E-state index contributed by atoms with van der Waals surface area (Å²) in [5.41, 5.74) is 1.21. The Morgan fingerprint density at radius 3 is 2.95 bits per heavy atom. The normalized spacial score (nSPS) is 20.8. The molecule has 1 heterocycles. The van der Waals surface area contributed by atoms with Gasteiger partial charge >= 0.3 is 0 Å². The lowest BCUT2D eigenvalue weighted by atomic mass is 10.1. The zero-order valence-electron chi connectivity index (χ0n) is 11.8. The molecule has 0 aliphatic carbocycles. The predicted molar refractivity (Wildman–Crippen MR) is 76.0 cm³/mol. The van der Waals surface area contributed by atoms with E-state index >= 15 is 0 Å². The minimum absolute atomic E-state index is 0.0451. The highest BCUT2D eigenvalue weighted by molar-refractivity contribution is 5.65. The second-order valence-corrected chi connectivity index (χ2v) is 5.01. The highest BCUT2D eigenvalue weighted by Gasteiger charge is 2.28. The zero-order chi connectivity index (χ0) is 14.7. The number of aliphatic hydroxyl groups is 1.